The highest BCUT2D eigenvalue weighted by molar-refractivity contribution is 5.60. The first-order chi connectivity index (χ1) is 17.7. The van der Waals surface area contributed by atoms with Gasteiger partial charge in [-0.05, 0) is 61.0 Å². The van der Waals surface area contributed by atoms with E-state index in [4.69, 9.17) is 0 Å². The molecule has 5 aromatic rings. The average Bonchev–Trinajstić information content (AvgIpc) is 3.39. The smallest absolute Gasteiger partial charge is 0.251 e. The van der Waals surface area contributed by atoms with Gasteiger partial charge in [0, 0.05) is 6.20 Å². The van der Waals surface area contributed by atoms with Gasteiger partial charge in [0.05, 0.1) is 39.3 Å². The minimum absolute atomic E-state index is 0.0353. The third kappa shape index (κ3) is 4.60. The lowest BCUT2D eigenvalue weighted by molar-refractivity contribution is -0.137. The zero-order valence-electron chi connectivity index (χ0n) is 19.4. The van der Waals surface area contributed by atoms with Crippen LogP contribution in [-0.2, 0) is 11.6 Å². The Morgan fingerprint density at radius 2 is 1.43 bits per heavy atom. The highest BCUT2D eigenvalue weighted by atomic mass is 19.4. The number of hydrogen-bond donors (Lipinski definition) is 0. The maximum Gasteiger partial charge on any atom is 0.416 e. The van der Waals surface area contributed by atoms with Crippen molar-refractivity contribution in [2.75, 3.05) is 0 Å². The summed E-state index contributed by atoms with van der Waals surface area (Å²) in [4.78, 5) is 7.94. The minimum Gasteiger partial charge on any atom is -0.251 e. The zero-order valence-corrected chi connectivity index (χ0v) is 19.4. The van der Waals surface area contributed by atoms with Crippen LogP contribution in [0, 0.1) is 11.9 Å². The quantitative estimate of drug-likeness (QED) is 0.191. The van der Waals surface area contributed by atoms with Crippen LogP contribution in [0.25, 0.3) is 16.9 Å². The Morgan fingerprint density at radius 3 is 2.16 bits per heavy atom. The van der Waals surface area contributed by atoms with Gasteiger partial charge in [0.2, 0.25) is 11.9 Å². The molecule has 9 heteroatoms. The van der Waals surface area contributed by atoms with E-state index < -0.39 is 29.1 Å². The summed E-state index contributed by atoms with van der Waals surface area (Å²) in [6.07, 6.45) is -2.90. The number of aromatic nitrogens is 4. The van der Waals surface area contributed by atoms with E-state index in [1.54, 1.807) is 30.5 Å². The van der Waals surface area contributed by atoms with Gasteiger partial charge in [-0.25, -0.2) is 4.68 Å². The van der Waals surface area contributed by atoms with Gasteiger partial charge >= 0.3 is 6.18 Å². The Kier molecular flexibility index (Phi) is 6.07. The van der Waals surface area contributed by atoms with Gasteiger partial charge in [0.1, 0.15) is 0 Å². The van der Waals surface area contributed by atoms with Crippen molar-refractivity contribution < 1.29 is 22.0 Å². The normalized spacial score (nSPS) is 13.4. The van der Waals surface area contributed by atoms with Crippen molar-refractivity contribution in [3.63, 3.8) is 0 Å². The molecule has 5 rings (SSSR count). The van der Waals surface area contributed by atoms with Crippen molar-refractivity contribution in [1.29, 1.82) is 0 Å². The number of benzene rings is 2. The molecule has 0 aliphatic rings. The molecule has 1 unspecified atom stereocenters. The molecule has 0 fully saturated rings. The van der Waals surface area contributed by atoms with Gasteiger partial charge in [0.15, 0.2) is 0 Å². The molecule has 186 valence electrons. The Hall–Kier alpha value is -4.40. The van der Waals surface area contributed by atoms with Gasteiger partial charge in [-0.3, -0.25) is 4.98 Å². The lowest BCUT2D eigenvalue weighted by Gasteiger charge is -2.28. The van der Waals surface area contributed by atoms with Gasteiger partial charge < -0.3 is 0 Å². The Morgan fingerprint density at radius 1 is 0.703 bits per heavy atom. The van der Waals surface area contributed by atoms with E-state index in [0.717, 1.165) is 23.8 Å². The van der Waals surface area contributed by atoms with Gasteiger partial charge in [-0.15, -0.1) is 0 Å². The van der Waals surface area contributed by atoms with E-state index in [9.17, 15) is 22.0 Å². The van der Waals surface area contributed by atoms with Crippen molar-refractivity contribution in [3.05, 3.63) is 132 Å². The first-order valence-electron chi connectivity index (χ1n) is 11.3. The fourth-order valence-electron chi connectivity index (χ4n) is 4.22. The number of rotatable bonds is 5. The monoisotopic (exact) mass is 506 g/mol. The van der Waals surface area contributed by atoms with E-state index in [-0.39, 0.29) is 16.9 Å². The van der Waals surface area contributed by atoms with Crippen molar-refractivity contribution >= 4 is 0 Å². The van der Waals surface area contributed by atoms with Crippen LogP contribution in [0.15, 0.2) is 97.2 Å². The van der Waals surface area contributed by atoms with E-state index in [1.165, 1.54) is 22.9 Å². The highest BCUT2D eigenvalue weighted by Gasteiger charge is 2.36. The summed E-state index contributed by atoms with van der Waals surface area (Å²) in [6.45, 7) is 1.88. The SMILES string of the molecule is CC(c1ccccc1)(c1cccc(-c2ccc(F)nc2F)n1)c1ccn(-c2cccc(C(F)(F)F)c2)n1. The largest absolute Gasteiger partial charge is 0.416 e. The van der Waals surface area contributed by atoms with Crippen LogP contribution >= 0.6 is 0 Å². The van der Waals surface area contributed by atoms with Gasteiger partial charge in [-0.2, -0.15) is 32.0 Å². The number of alkyl halides is 3. The highest BCUT2D eigenvalue weighted by Crippen LogP contribution is 2.38. The molecule has 4 nitrogen and oxygen atoms in total. The molecule has 0 aliphatic heterocycles. The Bertz CT molecular complexity index is 1560. The predicted octanol–water partition coefficient (Wildman–Crippen LogP) is 6.98. The fraction of sp³-hybridized carbons (Fsp3) is 0.107. The third-order valence-corrected chi connectivity index (χ3v) is 6.24. The third-order valence-electron chi connectivity index (χ3n) is 6.24. The van der Waals surface area contributed by atoms with Crippen LogP contribution in [0.3, 0.4) is 0 Å². The van der Waals surface area contributed by atoms with Crippen LogP contribution in [0.5, 0.6) is 0 Å². The molecule has 0 aliphatic carbocycles. The van der Waals surface area contributed by atoms with Crippen molar-refractivity contribution in [3.8, 4) is 16.9 Å². The van der Waals surface area contributed by atoms with Gasteiger partial charge in [0.25, 0.3) is 0 Å². The first kappa shape index (κ1) is 24.3. The Balaban J connectivity index is 1.64. The topological polar surface area (TPSA) is 43.6 Å². The van der Waals surface area contributed by atoms with Crippen LogP contribution in [0.4, 0.5) is 22.0 Å². The second kappa shape index (κ2) is 9.24. The second-order valence-corrected chi connectivity index (χ2v) is 8.57. The summed E-state index contributed by atoms with van der Waals surface area (Å²) >= 11 is 0. The molecule has 0 spiro atoms. The molecule has 0 N–H and O–H groups in total. The van der Waals surface area contributed by atoms with Gasteiger partial charge in [-0.1, -0.05) is 42.5 Å². The standard InChI is InChI=1S/C28H19F5N4/c1-27(18-7-3-2-4-8-18,23-12-6-11-22(34-23)21-13-14-25(29)35-26(21)30)24-15-16-37(36-24)20-10-5-9-19(17-20)28(31,32)33/h2-17H,1H3. The second-order valence-electron chi connectivity index (χ2n) is 8.57. The number of hydrogen-bond acceptors (Lipinski definition) is 3. The Labute approximate surface area is 209 Å². The number of halogens is 5. The summed E-state index contributed by atoms with van der Waals surface area (Å²) in [7, 11) is 0. The zero-order chi connectivity index (χ0) is 26.2. The van der Waals surface area contributed by atoms with Crippen LogP contribution in [0.1, 0.15) is 29.4 Å². The molecule has 2 aromatic carbocycles. The molecule has 0 saturated carbocycles. The predicted molar refractivity (Wildman–Crippen MR) is 128 cm³/mol. The van der Waals surface area contributed by atoms with Crippen LogP contribution in [-0.4, -0.2) is 19.7 Å². The number of pyridine rings is 2. The maximum absolute atomic E-state index is 14.4. The molecule has 0 amide bonds. The molecule has 1 atom stereocenters. The fourth-order valence-corrected chi connectivity index (χ4v) is 4.22. The molecule has 3 aromatic heterocycles. The van der Waals surface area contributed by atoms with E-state index >= 15 is 0 Å². The maximum atomic E-state index is 14.4. The molecule has 37 heavy (non-hydrogen) atoms. The minimum atomic E-state index is -4.49. The molecule has 0 bridgehead atoms. The van der Waals surface area contributed by atoms with Crippen molar-refractivity contribution in [1.82, 2.24) is 19.7 Å². The lowest BCUT2D eigenvalue weighted by atomic mass is 9.76. The average molecular weight is 506 g/mol. The summed E-state index contributed by atoms with van der Waals surface area (Å²) in [5, 5.41) is 4.63. The van der Waals surface area contributed by atoms with Crippen molar-refractivity contribution in [2.45, 2.75) is 18.5 Å². The van der Waals surface area contributed by atoms with E-state index in [1.807, 2.05) is 37.3 Å². The summed E-state index contributed by atoms with van der Waals surface area (Å²) < 4.78 is 68.9. The van der Waals surface area contributed by atoms with Crippen molar-refractivity contribution in [2.24, 2.45) is 0 Å². The summed E-state index contributed by atoms with van der Waals surface area (Å²) in [6, 6.07) is 23.3. The first-order valence-corrected chi connectivity index (χ1v) is 11.3. The molecule has 0 radical (unpaired) electrons. The lowest BCUT2D eigenvalue weighted by Crippen LogP contribution is -2.27. The molecular formula is C28H19F5N4. The summed E-state index contributed by atoms with van der Waals surface area (Å²) in [5.41, 5.74) is 0.623. The number of nitrogens with zero attached hydrogens (tertiary/aromatic N) is 4. The summed E-state index contributed by atoms with van der Waals surface area (Å²) in [5.74, 6) is -1.92. The molecule has 3 heterocycles. The molecule has 0 saturated heterocycles. The van der Waals surface area contributed by atoms with E-state index in [0.29, 0.717) is 11.4 Å². The molecular weight excluding hydrogens is 487 g/mol. The van der Waals surface area contributed by atoms with Crippen LogP contribution in [0.2, 0.25) is 0 Å². The van der Waals surface area contributed by atoms with Crippen LogP contribution < -0.4 is 0 Å². The van der Waals surface area contributed by atoms with E-state index in [2.05, 4.69) is 15.1 Å².